The second-order valence-electron chi connectivity index (χ2n) is 6.25. The van der Waals surface area contributed by atoms with Crippen molar-refractivity contribution in [2.24, 2.45) is 0 Å². The molecule has 6 heteroatoms. The van der Waals surface area contributed by atoms with Crippen molar-refractivity contribution in [2.75, 3.05) is 19.6 Å². The molecule has 0 aliphatic carbocycles. The SMILES string of the molecule is CC1CN(C(C)(C)CNC(=O)c2cnccn2)CC(C)O1. The average Bonchev–Trinajstić information content (AvgIpc) is 2.45. The highest BCUT2D eigenvalue weighted by molar-refractivity contribution is 5.91. The van der Waals surface area contributed by atoms with E-state index in [2.05, 4.69) is 47.9 Å². The molecule has 0 bridgehead atoms. The number of morpholine rings is 1. The molecule has 2 atom stereocenters. The lowest BCUT2D eigenvalue weighted by atomic mass is 10.00. The van der Waals surface area contributed by atoms with Gasteiger partial charge in [0.25, 0.3) is 5.91 Å². The van der Waals surface area contributed by atoms with E-state index in [-0.39, 0.29) is 23.7 Å². The number of hydrogen-bond donors (Lipinski definition) is 1. The van der Waals surface area contributed by atoms with Crippen molar-refractivity contribution in [3.63, 3.8) is 0 Å². The van der Waals surface area contributed by atoms with Gasteiger partial charge in [-0.3, -0.25) is 14.7 Å². The van der Waals surface area contributed by atoms with Crippen molar-refractivity contribution in [1.29, 1.82) is 0 Å². The van der Waals surface area contributed by atoms with Crippen LogP contribution in [0.1, 0.15) is 38.2 Å². The lowest BCUT2D eigenvalue weighted by Gasteiger charge is -2.45. The molecule has 1 fully saturated rings. The van der Waals surface area contributed by atoms with Gasteiger partial charge in [-0.15, -0.1) is 0 Å². The predicted molar refractivity (Wildman–Crippen MR) is 80.0 cm³/mol. The van der Waals surface area contributed by atoms with Gasteiger partial charge >= 0.3 is 0 Å². The van der Waals surface area contributed by atoms with Crippen LogP contribution in [0.2, 0.25) is 0 Å². The van der Waals surface area contributed by atoms with Crippen LogP contribution >= 0.6 is 0 Å². The Balaban J connectivity index is 1.93. The fourth-order valence-corrected chi connectivity index (χ4v) is 2.59. The van der Waals surface area contributed by atoms with Crippen LogP contribution in [0.15, 0.2) is 18.6 Å². The third-order valence-electron chi connectivity index (χ3n) is 3.75. The lowest BCUT2D eigenvalue weighted by molar-refractivity contribution is -0.0948. The first-order valence-electron chi connectivity index (χ1n) is 7.33. The predicted octanol–water partition coefficient (Wildman–Crippen LogP) is 1.09. The molecule has 2 unspecified atom stereocenters. The van der Waals surface area contributed by atoms with Crippen molar-refractivity contribution in [3.8, 4) is 0 Å². The van der Waals surface area contributed by atoms with Gasteiger partial charge in [0, 0.05) is 37.6 Å². The van der Waals surface area contributed by atoms with Gasteiger partial charge in [-0.2, -0.15) is 0 Å². The Hall–Kier alpha value is -1.53. The summed E-state index contributed by atoms with van der Waals surface area (Å²) in [5, 5.41) is 2.94. The normalized spacial score (nSPS) is 23.8. The highest BCUT2D eigenvalue weighted by Crippen LogP contribution is 2.20. The van der Waals surface area contributed by atoms with E-state index in [1.54, 1.807) is 6.20 Å². The third-order valence-corrected chi connectivity index (χ3v) is 3.75. The van der Waals surface area contributed by atoms with Gasteiger partial charge in [-0.05, 0) is 27.7 Å². The molecular weight excluding hydrogens is 268 g/mol. The van der Waals surface area contributed by atoms with E-state index < -0.39 is 0 Å². The fourth-order valence-electron chi connectivity index (χ4n) is 2.59. The number of carbonyl (C=O) groups excluding carboxylic acids is 1. The number of amides is 1. The molecule has 1 aliphatic rings. The Labute approximate surface area is 125 Å². The van der Waals surface area contributed by atoms with E-state index in [4.69, 9.17) is 4.74 Å². The van der Waals surface area contributed by atoms with Gasteiger partial charge in [0.05, 0.1) is 18.4 Å². The zero-order valence-corrected chi connectivity index (χ0v) is 13.2. The van der Waals surface area contributed by atoms with Crippen LogP contribution < -0.4 is 5.32 Å². The van der Waals surface area contributed by atoms with Crippen molar-refractivity contribution >= 4 is 5.91 Å². The summed E-state index contributed by atoms with van der Waals surface area (Å²) >= 11 is 0. The Morgan fingerprint density at radius 3 is 2.62 bits per heavy atom. The number of aromatic nitrogens is 2. The van der Waals surface area contributed by atoms with Crippen LogP contribution in [0.4, 0.5) is 0 Å². The number of nitrogens with one attached hydrogen (secondary N) is 1. The summed E-state index contributed by atoms with van der Waals surface area (Å²) in [7, 11) is 0. The summed E-state index contributed by atoms with van der Waals surface area (Å²) in [5.41, 5.74) is 0.210. The van der Waals surface area contributed by atoms with Gasteiger partial charge in [0.2, 0.25) is 0 Å². The topological polar surface area (TPSA) is 67.4 Å². The van der Waals surface area contributed by atoms with Gasteiger partial charge in [-0.1, -0.05) is 0 Å². The molecule has 0 saturated carbocycles. The largest absolute Gasteiger partial charge is 0.373 e. The van der Waals surface area contributed by atoms with Gasteiger partial charge in [0.1, 0.15) is 5.69 Å². The maximum atomic E-state index is 12.0. The first-order chi connectivity index (χ1) is 9.88. The first kappa shape index (κ1) is 15.9. The zero-order chi connectivity index (χ0) is 15.5. The van der Waals surface area contributed by atoms with Crippen LogP contribution in [0.5, 0.6) is 0 Å². The van der Waals surface area contributed by atoms with E-state index in [9.17, 15) is 4.79 Å². The Bertz CT molecular complexity index is 468. The molecule has 1 saturated heterocycles. The van der Waals surface area contributed by atoms with E-state index in [0.717, 1.165) is 13.1 Å². The molecule has 1 N–H and O–H groups in total. The van der Waals surface area contributed by atoms with Gasteiger partial charge in [-0.25, -0.2) is 4.98 Å². The molecule has 1 aromatic heterocycles. The molecule has 2 heterocycles. The van der Waals surface area contributed by atoms with Crippen LogP contribution in [0.3, 0.4) is 0 Å². The van der Waals surface area contributed by atoms with Crippen molar-refractivity contribution < 1.29 is 9.53 Å². The fraction of sp³-hybridized carbons (Fsp3) is 0.667. The van der Waals surface area contributed by atoms with E-state index in [0.29, 0.717) is 12.2 Å². The van der Waals surface area contributed by atoms with Gasteiger partial charge < -0.3 is 10.1 Å². The molecular formula is C15H24N4O2. The minimum atomic E-state index is -0.189. The van der Waals surface area contributed by atoms with Crippen molar-refractivity contribution in [3.05, 3.63) is 24.3 Å². The molecule has 2 rings (SSSR count). The van der Waals surface area contributed by atoms with E-state index in [1.165, 1.54) is 12.4 Å². The Kier molecular flexibility index (Phi) is 4.90. The Morgan fingerprint density at radius 1 is 1.38 bits per heavy atom. The monoisotopic (exact) mass is 292 g/mol. The summed E-state index contributed by atoms with van der Waals surface area (Å²) < 4.78 is 5.76. The average molecular weight is 292 g/mol. The number of carbonyl (C=O) groups is 1. The molecule has 0 spiro atoms. The summed E-state index contributed by atoms with van der Waals surface area (Å²) in [4.78, 5) is 22.3. The minimum absolute atomic E-state index is 0.135. The summed E-state index contributed by atoms with van der Waals surface area (Å²) in [5.74, 6) is -0.189. The molecule has 1 aromatic rings. The molecule has 0 radical (unpaired) electrons. The van der Waals surface area contributed by atoms with Crippen LogP contribution in [0.25, 0.3) is 0 Å². The maximum absolute atomic E-state index is 12.0. The molecule has 0 aromatic carbocycles. The zero-order valence-electron chi connectivity index (χ0n) is 13.2. The van der Waals surface area contributed by atoms with E-state index in [1.807, 2.05) is 0 Å². The summed E-state index contributed by atoms with van der Waals surface area (Å²) in [6.45, 7) is 10.7. The first-order valence-corrected chi connectivity index (χ1v) is 7.33. The molecule has 1 amide bonds. The second-order valence-corrected chi connectivity index (χ2v) is 6.25. The standard InChI is InChI=1S/C15H24N4O2/c1-11-8-19(9-12(2)21-11)15(3,4)10-18-14(20)13-7-16-5-6-17-13/h5-7,11-12H,8-10H2,1-4H3,(H,18,20). The number of nitrogens with zero attached hydrogens (tertiary/aromatic N) is 3. The maximum Gasteiger partial charge on any atom is 0.271 e. The molecule has 116 valence electrons. The molecule has 1 aliphatic heterocycles. The number of ether oxygens (including phenoxy) is 1. The highest BCUT2D eigenvalue weighted by atomic mass is 16.5. The lowest BCUT2D eigenvalue weighted by Crippen LogP contribution is -2.58. The van der Waals surface area contributed by atoms with Crippen LogP contribution in [-0.2, 0) is 4.74 Å². The third kappa shape index (κ3) is 4.22. The summed E-state index contributed by atoms with van der Waals surface area (Å²) in [6, 6.07) is 0. The van der Waals surface area contributed by atoms with Crippen molar-refractivity contribution in [2.45, 2.75) is 45.4 Å². The number of rotatable bonds is 4. The van der Waals surface area contributed by atoms with Crippen molar-refractivity contribution in [1.82, 2.24) is 20.2 Å². The van der Waals surface area contributed by atoms with Gasteiger partial charge in [0.15, 0.2) is 0 Å². The molecule has 6 nitrogen and oxygen atoms in total. The molecule has 21 heavy (non-hydrogen) atoms. The van der Waals surface area contributed by atoms with Crippen LogP contribution in [-0.4, -0.2) is 58.2 Å². The quantitative estimate of drug-likeness (QED) is 0.900. The smallest absolute Gasteiger partial charge is 0.271 e. The highest BCUT2D eigenvalue weighted by Gasteiger charge is 2.33. The minimum Gasteiger partial charge on any atom is -0.373 e. The summed E-state index contributed by atoms with van der Waals surface area (Å²) in [6.07, 6.45) is 4.97. The van der Waals surface area contributed by atoms with Crippen LogP contribution in [0, 0.1) is 0 Å². The number of hydrogen-bond acceptors (Lipinski definition) is 5. The van der Waals surface area contributed by atoms with E-state index >= 15 is 0 Å². The second kappa shape index (κ2) is 6.49. The Morgan fingerprint density at radius 2 is 2.05 bits per heavy atom.